The second-order valence-corrected chi connectivity index (χ2v) is 0.346. The second kappa shape index (κ2) is 212. The van der Waals surface area contributed by atoms with Crippen LogP contribution in [0.4, 0.5) is 0 Å². The molecule has 0 aromatic carbocycles. The van der Waals surface area contributed by atoms with Gasteiger partial charge in [-0.15, -0.1) is 0 Å². The molecule has 0 saturated heterocycles. The Morgan fingerprint density at radius 2 is 0.400 bits per heavy atom. The van der Waals surface area contributed by atoms with Crippen molar-refractivity contribution in [1.29, 1.82) is 0 Å². The standard InChI is InChI=1S/BH3O3.Na.10H2O/c2-1(3)4;;;;;;;;;;;/h2-4H;;10*1H2. The average Bonchev–Trinajstić information content (AvgIpc) is 0.811. The van der Waals surface area contributed by atoms with Gasteiger partial charge in [-0.1, -0.05) is 0 Å². The Kier molecular flexibility index (Phi) is 3700. The van der Waals surface area contributed by atoms with E-state index in [0.717, 1.165) is 0 Å². The van der Waals surface area contributed by atoms with E-state index >= 15 is 0 Å². The predicted molar refractivity (Wildman–Crippen MR) is 54.3 cm³/mol. The monoisotopic (exact) mass is 265 g/mol. The third-order valence-electron chi connectivity index (χ3n) is 0. The molecule has 0 aliphatic heterocycles. The Balaban J connectivity index is -0.000000000818. The first kappa shape index (κ1) is 262. The van der Waals surface area contributed by atoms with Gasteiger partial charge < -0.3 is 69.8 Å². The summed E-state index contributed by atoms with van der Waals surface area (Å²) in [6.07, 6.45) is 0. The molecule has 0 aromatic rings. The van der Waals surface area contributed by atoms with Crippen LogP contribution in [0.2, 0.25) is 0 Å². The minimum Gasteiger partial charge on any atom is -0.412 e. The normalized spacial score (nSPS) is 1.80. The molecule has 23 N–H and O–H groups in total. The van der Waals surface area contributed by atoms with Crippen LogP contribution in [-0.4, -0.2) is 107 Å². The maximum absolute atomic E-state index is 7.17. The fourth-order valence-electron chi connectivity index (χ4n) is 0. The van der Waals surface area contributed by atoms with Crippen molar-refractivity contribution >= 4 is 36.9 Å². The smallest absolute Gasteiger partial charge is 0.412 e. The second-order valence-electron chi connectivity index (χ2n) is 0.346. The maximum atomic E-state index is 7.17. The number of rotatable bonds is 0. The summed E-state index contributed by atoms with van der Waals surface area (Å²) in [5.74, 6) is 0. The summed E-state index contributed by atoms with van der Waals surface area (Å²) in [5.41, 5.74) is 0. The molecule has 0 aromatic heterocycles. The van der Waals surface area contributed by atoms with Crippen LogP contribution in [0.15, 0.2) is 0 Å². The molecular formula is H23BNaO13. The van der Waals surface area contributed by atoms with Gasteiger partial charge in [0.05, 0.1) is 0 Å². The van der Waals surface area contributed by atoms with E-state index in [1.54, 1.807) is 0 Å². The molecular weight excluding hydrogens is 242 g/mol. The van der Waals surface area contributed by atoms with Crippen LogP contribution in [0.25, 0.3) is 0 Å². The first-order chi connectivity index (χ1) is 1.73. The molecule has 0 amide bonds. The fourth-order valence-corrected chi connectivity index (χ4v) is 0. The molecule has 0 bridgehead atoms. The molecule has 0 spiro atoms. The van der Waals surface area contributed by atoms with Crippen LogP contribution in [0.1, 0.15) is 0 Å². The van der Waals surface area contributed by atoms with Gasteiger partial charge in [-0.25, -0.2) is 0 Å². The van der Waals surface area contributed by atoms with Crippen molar-refractivity contribution in [2.24, 2.45) is 0 Å². The van der Waals surface area contributed by atoms with Gasteiger partial charge in [0, 0.05) is 29.6 Å². The van der Waals surface area contributed by atoms with E-state index in [1.165, 1.54) is 0 Å². The van der Waals surface area contributed by atoms with Crippen molar-refractivity contribution in [2.45, 2.75) is 0 Å². The third kappa shape index (κ3) is 7710. The third-order valence-corrected chi connectivity index (χ3v) is 0. The molecule has 15 heteroatoms. The molecule has 0 rings (SSSR count). The molecule has 0 aliphatic carbocycles. The first-order valence-electron chi connectivity index (χ1n) is 0.775. The quantitative estimate of drug-likeness (QED) is 0.358. The summed E-state index contributed by atoms with van der Waals surface area (Å²) in [7, 11) is -2.17. The summed E-state index contributed by atoms with van der Waals surface area (Å²) in [5, 5.41) is 21.5. The topological polar surface area (TPSA) is 376 Å². The largest absolute Gasteiger partial charge is 0.631 e. The van der Waals surface area contributed by atoms with Gasteiger partial charge >= 0.3 is 7.32 Å². The van der Waals surface area contributed by atoms with Crippen molar-refractivity contribution in [3.05, 3.63) is 0 Å². The maximum Gasteiger partial charge on any atom is 0.631 e. The van der Waals surface area contributed by atoms with Gasteiger partial charge in [0.2, 0.25) is 0 Å². The van der Waals surface area contributed by atoms with Crippen molar-refractivity contribution in [1.82, 2.24) is 0 Å². The minimum absolute atomic E-state index is 0. The van der Waals surface area contributed by atoms with Crippen LogP contribution >= 0.6 is 0 Å². The van der Waals surface area contributed by atoms with E-state index in [2.05, 4.69) is 0 Å². The van der Waals surface area contributed by atoms with Gasteiger partial charge in [-0.05, 0) is 0 Å². The Hall–Kier alpha value is 0.545. The average molecular weight is 265 g/mol. The van der Waals surface area contributed by atoms with Gasteiger partial charge in [0.25, 0.3) is 0 Å². The predicted octanol–water partition coefficient (Wildman–Crippen LogP) is -10.7. The van der Waals surface area contributed by atoms with Crippen LogP contribution in [0.5, 0.6) is 0 Å². The summed E-state index contributed by atoms with van der Waals surface area (Å²) in [6.45, 7) is 0. The Bertz CT molecular complexity index is 15.3. The number of hydrogen-bond donors (Lipinski definition) is 3. The summed E-state index contributed by atoms with van der Waals surface area (Å²) < 4.78 is 0. The zero-order valence-corrected chi connectivity index (χ0v) is 9.92. The van der Waals surface area contributed by atoms with E-state index in [1.807, 2.05) is 0 Å². The summed E-state index contributed by atoms with van der Waals surface area (Å²) >= 11 is 0. The van der Waals surface area contributed by atoms with Gasteiger partial charge in [0.15, 0.2) is 0 Å². The Labute approximate surface area is 107 Å². The van der Waals surface area contributed by atoms with Gasteiger partial charge in [0.1, 0.15) is 0 Å². The van der Waals surface area contributed by atoms with E-state index in [4.69, 9.17) is 15.1 Å². The minimum atomic E-state index is -2.17. The molecule has 0 aliphatic rings. The SMILES string of the molecule is O.O.O.O.O.O.O.O.O.O.OB(O)O.[Na]. The van der Waals surface area contributed by atoms with Crippen LogP contribution < -0.4 is 0 Å². The van der Waals surface area contributed by atoms with Crippen LogP contribution in [-0.2, 0) is 0 Å². The van der Waals surface area contributed by atoms with E-state index in [9.17, 15) is 0 Å². The zero-order valence-electron chi connectivity index (χ0n) is 7.92. The van der Waals surface area contributed by atoms with Gasteiger partial charge in [-0.2, -0.15) is 0 Å². The van der Waals surface area contributed by atoms with Crippen LogP contribution in [0.3, 0.4) is 0 Å². The molecule has 0 atom stereocenters. The summed E-state index contributed by atoms with van der Waals surface area (Å²) in [4.78, 5) is 0. The first-order valence-corrected chi connectivity index (χ1v) is 0.775. The molecule has 0 unspecified atom stereocenters. The molecule has 0 heterocycles. The van der Waals surface area contributed by atoms with E-state index in [-0.39, 0.29) is 84.3 Å². The van der Waals surface area contributed by atoms with E-state index in [0.29, 0.717) is 0 Å². The van der Waals surface area contributed by atoms with Crippen molar-refractivity contribution < 1.29 is 69.8 Å². The zero-order chi connectivity index (χ0) is 3.58. The Morgan fingerprint density at radius 1 is 0.400 bits per heavy atom. The molecule has 105 valence electrons. The number of hydrogen-bond acceptors (Lipinski definition) is 3. The molecule has 0 saturated carbocycles. The van der Waals surface area contributed by atoms with Crippen molar-refractivity contribution in [3.63, 3.8) is 0 Å². The Morgan fingerprint density at radius 3 is 0.400 bits per heavy atom. The van der Waals surface area contributed by atoms with Crippen molar-refractivity contribution in [3.8, 4) is 0 Å². The van der Waals surface area contributed by atoms with Crippen LogP contribution in [0, 0.1) is 0 Å². The van der Waals surface area contributed by atoms with Crippen molar-refractivity contribution in [2.75, 3.05) is 0 Å². The summed E-state index contributed by atoms with van der Waals surface area (Å²) in [6, 6.07) is 0. The fraction of sp³-hybridized carbons (Fsp3) is 0. The molecule has 0 fully saturated rings. The van der Waals surface area contributed by atoms with E-state index < -0.39 is 7.32 Å². The molecule has 13 nitrogen and oxygen atoms in total. The van der Waals surface area contributed by atoms with Gasteiger partial charge in [-0.3, -0.25) is 0 Å². The molecule has 1 radical (unpaired) electrons. The molecule has 15 heavy (non-hydrogen) atoms.